The quantitative estimate of drug-likeness (QED) is 0.589. The Labute approximate surface area is 165 Å². The van der Waals surface area contributed by atoms with Crippen molar-refractivity contribution in [3.8, 4) is 11.5 Å². The van der Waals surface area contributed by atoms with Crippen LogP contribution in [0.4, 0.5) is 0 Å². The lowest BCUT2D eigenvalue weighted by molar-refractivity contribution is -0.0317. The molecule has 0 saturated heterocycles. The molecule has 1 saturated carbocycles. The van der Waals surface area contributed by atoms with E-state index in [-0.39, 0.29) is 17.6 Å². The van der Waals surface area contributed by atoms with Gasteiger partial charge in [-0.1, -0.05) is 46.5 Å². The van der Waals surface area contributed by atoms with Crippen molar-refractivity contribution in [3.63, 3.8) is 0 Å². The summed E-state index contributed by atoms with van der Waals surface area (Å²) < 4.78 is 6.43. The van der Waals surface area contributed by atoms with Crippen molar-refractivity contribution in [2.24, 2.45) is 11.8 Å². The fraction of sp³-hybridized carbons (Fsp3) is 0.750. The Morgan fingerprint density at radius 3 is 2.63 bits per heavy atom. The fourth-order valence-corrected chi connectivity index (χ4v) is 5.31. The molecule has 27 heavy (non-hydrogen) atoms. The molecule has 1 aliphatic heterocycles. The van der Waals surface area contributed by atoms with Crippen LogP contribution in [0.3, 0.4) is 0 Å². The van der Waals surface area contributed by atoms with E-state index in [0.717, 1.165) is 30.6 Å². The number of phenolic OH excluding ortho intramolecular Hbond substituents is 1. The second kappa shape index (κ2) is 8.03. The van der Waals surface area contributed by atoms with E-state index in [1.807, 2.05) is 6.07 Å². The largest absolute Gasteiger partial charge is 0.508 e. The lowest BCUT2D eigenvalue weighted by atomic mass is 9.65. The molecule has 3 nitrogen and oxygen atoms in total. The van der Waals surface area contributed by atoms with E-state index in [2.05, 4.69) is 40.7 Å². The predicted molar refractivity (Wildman–Crippen MR) is 111 cm³/mol. The summed E-state index contributed by atoms with van der Waals surface area (Å²) in [5, 5.41) is 21.1. The molecule has 3 heteroatoms. The Morgan fingerprint density at radius 1 is 1.19 bits per heavy atom. The molecule has 152 valence electrons. The summed E-state index contributed by atoms with van der Waals surface area (Å²) in [6.45, 7) is 11.1. The lowest BCUT2D eigenvalue weighted by Gasteiger charge is -2.48. The molecule has 0 bridgehead atoms. The van der Waals surface area contributed by atoms with E-state index in [9.17, 15) is 10.2 Å². The van der Waals surface area contributed by atoms with E-state index in [1.165, 1.54) is 31.2 Å². The standard InChI is InChI=1S/C24H38O3/c1-6-7-8-9-15(2)16(3)17-12-21(26)23-19-14-18(25)10-11-20(19)24(4,5)27-22(23)13-17/h12-13,15-16,18-20,25-26H,6-11,14H2,1-5H3/t15?,16?,18?,19-,20-/m1/s1. The number of hydrogen-bond acceptors (Lipinski definition) is 3. The minimum atomic E-state index is -0.274. The van der Waals surface area contributed by atoms with Crippen LogP contribution in [0.2, 0.25) is 0 Å². The van der Waals surface area contributed by atoms with Crippen molar-refractivity contribution in [1.82, 2.24) is 0 Å². The number of benzene rings is 1. The van der Waals surface area contributed by atoms with Gasteiger partial charge in [-0.3, -0.25) is 0 Å². The van der Waals surface area contributed by atoms with E-state index >= 15 is 0 Å². The third-order valence-corrected chi connectivity index (χ3v) is 7.24. The SMILES string of the molecule is CCCCCC(C)C(C)c1cc(O)c2c(c1)OC(C)(C)[C@@H]1CCC(O)C[C@@H]21. The van der Waals surface area contributed by atoms with Gasteiger partial charge in [-0.2, -0.15) is 0 Å². The average Bonchev–Trinajstić information content (AvgIpc) is 2.59. The summed E-state index contributed by atoms with van der Waals surface area (Å²) in [5.41, 5.74) is 1.83. The zero-order valence-electron chi connectivity index (χ0n) is 17.8. The number of fused-ring (bicyclic) bond motifs is 3. The highest BCUT2D eigenvalue weighted by Gasteiger charge is 2.47. The second-order valence-electron chi connectivity index (χ2n) is 9.60. The third-order valence-electron chi connectivity index (χ3n) is 7.24. The van der Waals surface area contributed by atoms with Crippen LogP contribution in [0.25, 0.3) is 0 Å². The van der Waals surface area contributed by atoms with Gasteiger partial charge in [-0.05, 0) is 62.6 Å². The first kappa shape index (κ1) is 20.5. The first-order chi connectivity index (χ1) is 12.7. The van der Waals surface area contributed by atoms with Gasteiger partial charge >= 0.3 is 0 Å². The predicted octanol–water partition coefficient (Wildman–Crippen LogP) is 6.13. The van der Waals surface area contributed by atoms with Gasteiger partial charge in [-0.25, -0.2) is 0 Å². The van der Waals surface area contributed by atoms with E-state index in [1.54, 1.807) is 0 Å². The number of hydrogen-bond donors (Lipinski definition) is 2. The van der Waals surface area contributed by atoms with Crippen LogP contribution < -0.4 is 4.74 Å². The van der Waals surface area contributed by atoms with Gasteiger partial charge in [0.2, 0.25) is 0 Å². The van der Waals surface area contributed by atoms with Crippen molar-refractivity contribution < 1.29 is 14.9 Å². The molecule has 1 aromatic rings. The molecule has 1 aromatic carbocycles. The third kappa shape index (κ3) is 4.13. The number of rotatable bonds is 6. The minimum absolute atomic E-state index is 0.179. The number of aliphatic hydroxyl groups is 1. The molecular formula is C24H38O3. The highest BCUT2D eigenvalue weighted by Crippen LogP contribution is 2.55. The van der Waals surface area contributed by atoms with Crippen LogP contribution in [0.1, 0.15) is 103 Å². The number of aromatic hydroxyl groups is 1. The molecule has 0 spiro atoms. The summed E-state index contributed by atoms with van der Waals surface area (Å²) >= 11 is 0. The maximum atomic E-state index is 10.9. The number of phenols is 1. The zero-order chi connectivity index (χ0) is 19.8. The Balaban J connectivity index is 1.89. The Bertz CT molecular complexity index is 651. The van der Waals surface area contributed by atoms with Crippen LogP contribution in [0.5, 0.6) is 11.5 Å². The second-order valence-corrected chi connectivity index (χ2v) is 9.60. The Kier molecular flexibility index (Phi) is 6.10. The van der Waals surface area contributed by atoms with E-state index in [0.29, 0.717) is 23.5 Å². The number of aliphatic hydroxyl groups excluding tert-OH is 1. The monoisotopic (exact) mass is 374 g/mol. The van der Waals surface area contributed by atoms with E-state index < -0.39 is 0 Å². The topological polar surface area (TPSA) is 49.7 Å². The van der Waals surface area contributed by atoms with Crippen molar-refractivity contribution in [2.75, 3.05) is 0 Å². The molecule has 1 aliphatic carbocycles. The normalized spacial score (nSPS) is 28.6. The molecule has 5 atom stereocenters. The van der Waals surface area contributed by atoms with Crippen LogP contribution in [0, 0.1) is 11.8 Å². The highest BCUT2D eigenvalue weighted by molar-refractivity contribution is 5.52. The molecule has 3 unspecified atom stereocenters. The summed E-state index contributed by atoms with van der Waals surface area (Å²) in [7, 11) is 0. The Morgan fingerprint density at radius 2 is 1.93 bits per heavy atom. The van der Waals surface area contributed by atoms with Gasteiger partial charge in [0.15, 0.2) is 0 Å². The van der Waals surface area contributed by atoms with Gasteiger partial charge in [0, 0.05) is 17.4 Å². The van der Waals surface area contributed by atoms with Crippen molar-refractivity contribution >= 4 is 0 Å². The van der Waals surface area contributed by atoms with Gasteiger partial charge in [0.05, 0.1) is 6.10 Å². The first-order valence-electron chi connectivity index (χ1n) is 11.0. The maximum absolute atomic E-state index is 10.9. The van der Waals surface area contributed by atoms with Crippen LogP contribution in [-0.2, 0) is 0 Å². The summed E-state index contributed by atoms with van der Waals surface area (Å²) in [6, 6.07) is 4.12. The fourth-order valence-electron chi connectivity index (χ4n) is 5.31. The van der Waals surface area contributed by atoms with Crippen molar-refractivity contribution in [3.05, 3.63) is 23.3 Å². The molecule has 0 amide bonds. The van der Waals surface area contributed by atoms with Gasteiger partial charge < -0.3 is 14.9 Å². The minimum Gasteiger partial charge on any atom is -0.508 e. The zero-order valence-corrected chi connectivity index (χ0v) is 17.8. The van der Waals surface area contributed by atoms with E-state index in [4.69, 9.17) is 4.74 Å². The lowest BCUT2D eigenvalue weighted by Crippen LogP contribution is -2.47. The smallest absolute Gasteiger partial charge is 0.127 e. The molecule has 0 aromatic heterocycles. The average molecular weight is 375 g/mol. The Hall–Kier alpha value is -1.22. The summed E-state index contributed by atoms with van der Waals surface area (Å²) in [5.74, 6) is 2.68. The molecule has 2 N–H and O–H groups in total. The maximum Gasteiger partial charge on any atom is 0.127 e. The highest BCUT2D eigenvalue weighted by atomic mass is 16.5. The summed E-state index contributed by atoms with van der Waals surface area (Å²) in [6.07, 6.45) is 7.25. The van der Waals surface area contributed by atoms with Gasteiger partial charge in [0.25, 0.3) is 0 Å². The molecule has 1 heterocycles. The van der Waals surface area contributed by atoms with Crippen LogP contribution in [-0.4, -0.2) is 21.9 Å². The number of ether oxygens (including phenoxy) is 1. The van der Waals surface area contributed by atoms with Crippen LogP contribution in [0.15, 0.2) is 12.1 Å². The number of unbranched alkanes of at least 4 members (excludes halogenated alkanes) is 2. The molecule has 2 aliphatic rings. The van der Waals surface area contributed by atoms with Gasteiger partial charge in [0.1, 0.15) is 17.1 Å². The molecule has 3 rings (SSSR count). The summed E-state index contributed by atoms with van der Waals surface area (Å²) in [4.78, 5) is 0. The molecular weight excluding hydrogens is 336 g/mol. The van der Waals surface area contributed by atoms with Crippen molar-refractivity contribution in [2.45, 2.75) is 103 Å². The molecule has 0 radical (unpaired) electrons. The molecule has 1 fully saturated rings. The van der Waals surface area contributed by atoms with Crippen LogP contribution >= 0.6 is 0 Å². The van der Waals surface area contributed by atoms with Crippen molar-refractivity contribution in [1.29, 1.82) is 0 Å². The first-order valence-corrected chi connectivity index (χ1v) is 11.0. The van der Waals surface area contributed by atoms with Gasteiger partial charge in [-0.15, -0.1) is 0 Å².